The van der Waals surface area contributed by atoms with Gasteiger partial charge in [0, 0.05) is 12.6 Å². The monoisotopic (exact) mass is 215 g/mol. The van der Waals surface area contributed by atoms with Crippen molar-refractivity contribution in [1.29, 1.82) is 0 Å². The summed E-state index contributed by atoms with van der Waals surface area (Å²) < 4.78 is 0. The van der Waals surface area contributed by atoms with E-state index < -0.39 is 5.41 Å². The van der Waals surface area contributed by atoms with E-state index in [1.165, 1.54) is 7.05 Å². The molecule has 1 atom stereocenters. The molecule has 2 rings (SSSR count). The second kappa shape index (κ2) is 3.30. The standard InChI is InChI=1S/C13H13NO2/c1-9-11(15)14(3)12(16)13(9,2)10-7-5-4-6-8-10/h4-8H,1H2,2-3H3/t13-/m0/s1. The van der Waals surface area contributed by atoms with Crippen LogP contribution >= 0.6 is 0 Å². The highest BCUT2D eigenvalue weighted by atomic mass is 16.2. The first-order valence-electron chi connectivity index (χ1n) is 5.07. The van der Waals surface area contributed by atoms with Gasteiger partial charge in [0.1, 0.15) is 5.41 Å². The Morgan fingerprint density at radius 2 is 1.75 bits per heavy atom. The molecule has 1 saturated heterocycles. The average Bonchev–Trinajstić information content (AvgIpc) is 2.47. The van der Waals surface area contributed by atoms with Crippen molar-refractivity contribution in [1.82, 2.24) is 4.90 Å². The first-order chi connectivity index (χ1) is 7.49. The fraction of sp³-hybridized carbons (Fsp3) is 0.231. The van der Waals surface area contributed by atoms with Gasteiger partial charge in [0.05, 0.1) is 0 Å². The van der Waals surface area contributed by atoms with Gasteiger partial charge in [0.15, 0.2) is 0 Å². The molecule has 2 amide bonds. The Bertz CT molecular complexity index is 478. The van der Waals surface area contributed by atoms with Crippen molar-refractivity contribution in [3.8, 4) is 0 Å². The van der Waals surface area contributed by atoms with E-state index in [0.29, 0.717) is 5.57 Å². The summed E-state index contributed by atoms with van der Waals surface area (Å²) in [5.74, 6) is -0.509. The normalized spacial score (nSPS) is 25.4. The molecule has 0 bridgehead atoms. The fourth-order valence-corrected chi connectivity index (χ4v) is 2.04. The van der Waals surface area contributed by atoms with Crippen LogP contribution in [0.5, 0.6) is 0 Å². The summed E-state index contributed by atoms with van der Waals surface area (Å²) in [6.45, 7) is 5.50. The maximum atomic E-state index is 12.1. The molecule has 0 aromatic heterocycles. The number of likely N-dealkylation sites (N-methyl/N-ethyl adjacent to an activating group) is 1. The van der Waals surface area contributed by atoms with Gasteiger partial charge in [-0.15, -0.1) is 0 Å². The summed E-state index contributed by atoms with van der Waals surface area (Å²) in [6, 6.07) is 9.26. The van der Waals surface area contributed by atoms with Crippen LogP contribution in [0.2, 0.25) is 0 Å². The van der Waals surface area contributed by atoms with E-state index in [1.54, 1.807) is 6.92 Å². The minimum atomic E-state index is -0.910. The molecule has 82 valence electrons. The molecular weight excluding hydrogens is 202 g/mol. The highest BCUT2D eigenvalue weighted by molar-refractivity contribution is 6.19. The van der Waals surface area contributed by atoms with Crippen molar-refractivity contribution in [2.75, 3.05) is 7.05 Å². The molecule has 16 heavy (non-hydrogen) atoms. The summed E-state index contributed by atoms with van der Waals surface area (Å²) in [7, 11) is 1.49. The molecule has 3 nitrogen and oxygen atoms in total. The lowest BCUT2D eigenvalue weighted by Gasteiger charge is -2.22. The lowest BCUT2D eigenvalue weighted by molar-refractivity contribution is -0.137. The average molecular weight is 215 g/mol. The van der Waals surface area contributed by atoms with Gasteiger partial charge in [0.2, 0.25) is 5.91 Å². The Morgan fingerprint density at radius 3 is 2.19 bits per heavy atom. The maximum Gasteiger partial charge on any atom is 0.256 e. The third kappa shape index (κ3) is 1.14. The van der Waals surface area contributed by atoms with Crippen LogP contribution < -0.4 is 0 Å². The molecule has 0 spiro atoms. The smallest absolute Gasteiger partial charge is 0.256 e. The summed E-state index contributed by atoms with van der Waals surface area (Å²) in [5.41, 5.74) is 0.238. The van der Waals surface area contributed by atoms with E-state index in [9.17, 15) is 9.59 Å². The molecule has 0 radical (unpaired) electrons. The van der Waals surface area contributed by atoms with Crippen LogP contribution in [-0.2, 0) is 15.0 Å². The van der Waals surface area contributed by atoms with E-state index >= 15 is 0 Å². The number of rotatable bonds is 1. The van der Waals surface area contributed by atoms with Gasteiger partial charge in [-0.05, 0) is 12.5 Å². The summed E-state index contributed by atoms with van der Waals surface area (Å²) >= 11 is 0. The Hall–Kier alpha value is -1.90. The molecule has 1 heterocycles. The molecule has 0 N–H and O–H groups in total. The Balaban J connectivity index is 2.59. The topological polar surface area (TPSA) is 37.4 Å². The van der Waals surface area contributed by atoms with Crippen molar-refractivity contribution in [2.45, 2.75) is 12.3 Å². The maximum absolute atomic E-state index is 12.1. The van der Waals surface area contributed by atoms with Crippen molar-refractivity contribution in [3.05, 3.63) is 48.0 Å². The summed E-state index contributed by atoms with van der Waals surface area (Å²) in [4.78, 5) is 24.9. The first-order valence-corrected chi connectivity index (χ1v) is 5.07. The van der Waals surface area contributed by atoms with Crippen LogP contribution in [0.3, 0.4) is 0 Å². The summed E-state index contributed by atoms with van der Waals surface area (Å²) in [5, 5.41) is 0. The second-order valence-electron chi connectivity index (χ2n) is 4.14. The van der Waals surface area contributed by atoms with Crippen molar-refractivity contribution < 1.29 is 9.59 Å². The molecule has 1 fully saturated rings. The zero-order valence-electron chi connectivity index (χ0n) is 9.36. The van der Waals surface area contributed by atoms with Crippen LogP contribution in [-0.4, -0.2) is 23.8 Å². The minimum Gasteiger partial charge on any atom is -0.281 e. The lowest BCUT2D eigenvalue weighted by Crippen LogP contribution is -2.34. The number of imide groups is 1. The molecular formula is C13H13NO2. The number of hydrogen-bond donors (Lipinski definition) is 0. The number of benzene rings is 1. The lowest BCUT2D eigenvalue weighted by atomic mass is 9.78. The highest BCUT2D eigenvalue weighted by Gasteiger charge is 2.51. The third-order valence-electron chi connectivity index (χ3n) is 3.25. The van der Waals surface area contributed by atoms with Gasteiger partial charge in [-0.25, -0.2) is 0 Å². The van der Waals surface area contributed by atoms with Gasteiger partial charge in [-0.2, -0.15) is 0 Å². The van der Waals surface area contributed by atoms with Crippen molar-refractivity contribution in [3.63, 3.8) is 0 Å². The Labute approximate surface area is 94.4 Å². The SMILES string of the molecule is C=C1C(=O)N(C)C(=O)[C@]1(C)c1ccccc1. The van der Waals surface area contributed by atoms with Gasteiger partial charge in [-0.1, -0.05) is 36.9 Å². The quantitative estimate of drug-likeness (QED) is 0.526. The predicted molar refractivity (Wildman–Crippen MR) is 60.7 cm³/mol. The van der Waals surface area contributed by atoms with E-state index in [1.807, 2.05) is 30.3 Å². The largest absolute Gasteiger partial charge is 0.281 e. The first kappa shape index (κ1) is 10.6. The number of likely N-dealkylation sites (tertiary alicyclic amines) is 1. The van der Waals surface area contributed by atoms with E-state index in [4.69, 9.17) is 0 Å². The molecule has 0 aliphatic carbocycles. The van der Waals surface area contributed by atoms with Gasteiger partial charge < -0.3 is 0 Å². The summed E-state index contributed by atoms with van der Waals surface area (Å²) in [6.07, 6.45) is 0. The van der Waals surface area contributed by atoms with Crippen LogP contribution in [0.15, 0.2) is 42.5 Å². The van der Waals surface area contributed by atoms with E-state index in [2.05, 4.69) is 6.58 Å². The number of carbonyl (C=O) groups is 2. The molecule has 1 aromatic carbocycles. The number of carbonyl (C=O) groups excluding carboxylic acids is 2. The van der Waals surface area contributed by atoms with Gasteiger partial charge in [0.25, 0.3) is 5.91 Å². The minimum absolute atomic E-state index is 0.214. The second-order valence-corrected chi connectivity index (χ2v) is 4.14. The number of hydrogen-bond acceptors (Lipinski definition) is 2. The van der Waals surface area contributed by atoms with Crippen molar-refractivity contribution >= 4 is 11.8 Å². The van der Waals surface area contributed by atoms with Crippen LogP contribution in [0.1, 0.15) is 12.5 Å². The fourth-order valence-electron chi connectivity index (χ4n) is 2.04. The molecule has 0 saturated carbocycles. The Morgan fingerprint density at radius 1 is 1.19 bits per heavy atom. The van der Waals surface area contributed by atoms with Crippen LogP contribution in [0.4, 0.5) is 0 Å². The molecule has 3 heteroatoms. The van der Waals surface area contributed by atoms with E-state index in [-0.39, 0.29) is 11.8 Å². The predicted octanol–water partition coefficient (Wildman–Crippen LogP) is 1.50. The van der Waals surface area contributed by atoms with Crippen molar-refractivity contribution in [2.24, 2.45) is 0 Å². The van der Waals surface area contributed by atoms with E-state index in [0.717, 1.165) is 10.5 Å². The van der Waals surface area contributed by atoms with Gasteiger partial charge in [-0.3, -0.25) is 14.5 Å². The Kier molecular flexibility index (Phi) is 2.19. The highest BCUT2D eigenvalue weighted by Crippen LogP contribution is 2.38. The molecule has 1 aromatic rings. The third-order valence-corrected chi connectivity index (χ3v) is 3.25. The molecule has 1 aliphatic heterocycles. The van der Waals surface area contributed by atoms with Crippen LogP contribution in [0.25, 0.3) is 0 Å². The van der Waals surface area contributed by atoms with Crippen LogP contribution in [0, 0.1) is 0 Å². The van der Waals surface area contributed by atoms with Gasteiger partial charge >= 0.3 is 0 Å². The molecule has 1 aliphatic rings. The number of amides is 2. The molecule has 0 unspecified atom stereocenters. The number of nitrogens with zero attached hydrogens (tertiary/aromatic N) is 1. The zero-order chi connectivity index (χ0) is 11.9. The zero-order valence-corrected chi connectivity index (χ0v) is 9.36.